The summed E-state index contributed by atoms with van der Waals surface area (Å²) in [7, 11) is 2.19. The number of morpholine rings is 1. The third-order valence-electron chi connectivity index (χ3n) is 6.98. The van der Waals surface area contributed by atoms with Gasteiger partial charge in [-0.25, -0.2) is 4.52 Å². The van der Waals surface area contributed by atoms with E-state index in [9.17, 15) is 10.1 Å². The molecule has 1 amide bonds. The van der Waals surface area contributed by atoms with E-state index < -0.39 is 6.10 Å². The van der Waals surface area contributed by atoms with Crippen molar-refractivity contribution in [2.24, 2.45) is 5.92 Å². The van der Waals surface area contributed by atoms with Crippen LogP contribution in [-0.2, 0) is 9.53 Å². The second-order valence-electron chi connectivity index (χ2n) is 8.97. The molecular formula is C22H28N6O2. The van der Waals surface area contributed by atoms with E-state index in [-0.39, 0.29) is 18.1 Å². The first-order valence-corrected chi connectivity index (χ1v) is 10.8. The number of hydrogen-bond donors (Lipinski definition) is 1. The molecule has 158 valence electrons. The molecule has 0 aromatic carbocycles. The highest BCUT2D eigenvalue weighted by molar-refractivity contribution is 5.83. The van der Waals surface area contributed by atoms with E-state index in [1.807, 2.05) is 19.1 Å². The van der Waals surface area contributed by atoms with E-state index in [0.717, 1.165) is 24.2 Å². The van der Waals surface area contributed by atoms with Crippen molar-refractivity contribution in [1.82, 2.24) is 19.8 Å². The van der Waals surface area contributed by atoms with Crippen molar-refractivity contribution >= 4 is 17.1 Å². The van der Waals surface area contributed by atoms with Crippen LogP contribution in [-0.4, -0.2) is 71.4 Å². The molecule has 3 unspecified atom stereocenters. The molecule has 5 atom stereocenters. The number of aromatic nitrogens is 2. The molecule has 8 heteroatoms. The molecule has 3 aliphatic heterocycles. The lowest BCUT2D eigenvalue weighted by atomic mass is 9.76. The molecule has 8 nitrogen and oxygen atoms in total. The lowest BCUT2D eigenvalue weighted by molar-refractivity contribution is -0.139. The minimum absolute atomic E-state index is 0.00933. The minimum Gasteiger partial charge on any atom is -0.364 e. The number of carbonyl (C=O) groups excluding carboxylic acids is 1. The van der Waals surface area contributed by atoms with Crippen molar-refractivity contribution in [1.29, 1.82) is 5.26 Å². The lowest BCUT2D eigenvalue weighted by Crippen LogP contribution is -2.60. The molecule has 1 N–H and O–H groups in total. The van der Waals surface area contributed by atoms with Gasteiger partial charge in [-0.2, -0.15) is 10.4 Å². The summed E-state index contributed by atoms with van der Waals surface area (Å²) in [6, 6.07) is 8.63. The molecule has 2 aromatic rings. The number of nitriles is 1. The molecule has 5 heterocycles. The van der Waals surface area contributed by atoms with Crippen LogP contribution >= 0.6 is 0 Å². The predicted octanol–water partition coefficient (Wildman–Crippen LogP) is 1.40. The van der Waals surface area contributed by atoms with Crippen LogP contribution in [0.15, 0.2) is 24.4 Å². The van der Waals surface area contributed by atoms with Gasteiger partial charge in [0.15, 0.2) is 6.10 Å². The van der Waals surface area contributed by atoms with E-state index in [4.69, 9.17) is 4.74 Å². The second kappa shape index (κ2) is 7.56. The topological polar surface area (TPSA) is 85.9 Å². The van der Waals surface area contributed by atoms with Crippen LogP contribution in [0.25, 0.3) is 5.52 Å². The number of carbonyl (C=O) groups is 1. The van der Waals surface area contributed by atoms with Crippen LogP contribution in [0, 0.1) is 17.2 Å². The van der Waals surface area contributed by atoms with Gasteiger partial charge >= 0.3 is 0 Å². The number of nitrogens with one attached hydrogen (secondary N) is 1. The summed E-state index contributed by atoms with van der Waals surface area (Å²) < 4.78 is 7.69. The standard InChI is InChI=1S/C22H28N6O2/c1-14-11-27(19-6-5-17(10-23)28-20(19)7-8-24-28)13-21(30-14)22(29)25-18-9-16-4-3-15(18)12-26(16)2/h5-8,14-16,18,21H,3-4,9,11-13H2,1-2H3,(H,25,29)/t14-,15?,16?,18?,21-/m1/s1. The van der Waals surface area contributed by atoms with Gasteiger partial charge in [0.25, 0.3) is 5.91 Å². The summed E-state index contributed by atoms with van der Waals surface area (Å²) >= 11 is 0. The molecule has 1 saturated carbocycles. The molecule has 2 bridgehead atoms. The highest BCUT2D eigenvalue weighted by atomic mass is 16.5. The summed E-state index contributed by atoms with van der Waals surface area (Å²) in [5, 5.41) is 16.9. The average Bonchev–Trinajstić information content (AvgIpc) is 3.23. The Morgan fingerprint density at radius 3 is 2.87 bits per heavy atom. The van der Waals surface area contributed by atoms with Crippen LogP contribution in [0.2, 0.25) is 0 Å². The third-order valence-corrected chi connectivity index (χ3v) is 6.98. The highest BCUT2D eigenvalue weighted by Gasteiger charge is 2.41. The number of amides is 1. The van der Waals surface area contributed by atoms with Gasteiger partial charge in [0.05, 0.1) is 30.0 Å². The predicted molar refractivity (Wildman–Crippen MR) is 112 cm³/mol. The SMILES string of the molecule is C[C@@H]1CN(c2ccc(C#N)n3nccc23)C[C@H](C(=O)NC2CC3CCC2CN3C)O1. The number of anilines is 1. The number of piperidine rings is 2. The smallest absolute Gasteiger partial charge is 0.251 e. The van der Waals surface area contributed by atoms with Gasteiger partial charge < -0.3 is 19.9 Å². The fraction of sp³-hybridized carbons (Fsp3) is 0.591. The van der Waals surface area contributed by atoms with Gasteiger partial charge in [-0.05, 0) is 57.4 Å². The summed E-state index contributed by atoms with van der Waals surface area (Å²) in [6.07, 6.45) is 4.58. The van der Waals surface area contributed by atoms with Gasteiger partial charge in [0.1, 0.15) is 11.8 Å². The minimum atomic E-state index is -0.509. The number of hydrogen-bond acceptors (Lipinski definition) is 6. The Morgan fingerprint density at radius 1 is 1.27 bits per heavy atom. The van der Waals surface area contributed by atoms with Crippen LogP contribution in [0.3, 0.4) is 0 Å². The molecule has 6 rings (SSSR count). The van der Waals surface area contributed by atoms with Crippen LogP contribution in [0.5, 0.6) is 0 Å². The van der Waals surface area contributed by atoms with Crippen molar-refractivity contribution in [3.63, 3.8) is 0 Å². The van der Waals surface area contributed by atoms with E-state index in [1.54, 1.807) is 16.8 Å². The molecule has 1 aliphatic carbocycles. The normalized spacial score (nSPS) is 31.6. The first kappa shape index (κ1) is 19.3. The lowest BCUT2D eigenvalue weighted by Gasteiger charge is -2.48. The summed E-state index contributed by atoms with van der Waals surface area (Å²) in [6.45, 7) is 4.24. The van der Waals surface area contributed by atoms with E-state index in [2.05, 4.69) is 33.3 Å². The zero-order chi connectivity index (χ0) is 20.8. The fourth-order valence-electron chi connectivity index (χ4n) is 5.45. The molecule has 3 saturated heterocycles. The van der Waals surface area contributed by atoms with Crippen molar-refractivity contribution in [2.45, 2.75) is 50.5 Å². The number of pyridine rings is 1. The second-order valence-corrected chi connectivity index (χ2v) is 8.97. The third kappa shape index (κ3) is 3.32. The van der Waals surface area contributed by atoms with E-state index >= 15 is 0 Å². The molecule has 0 spiro atoms. The summed E-state index contributed by atoms with van der Waals surface area (Å²) in [5.41, 5.74) is 2.33. The van der Waals surface area contributed by atoms with Crippen molar-refractivity contribution in [3.05, 3.63) is 30.1 Å². The number of nitrogens with zero attached hydrogens (tertiary/aromatic N) is 5. The van der Waals surface area contributed by atoms with Crippen LogP contribution < -0.4 is 10.2 Å². The zero-order valence-electron chi connectivity index (χ0n) is 17.5. The summed E-state index contributed by atoms with van der Waals surface area (Å²) in [4.78, 5) is 17.7. The monoisotopic (exact) mass is 408 g/mol. The first-order valence-electron chi connectivity index (χ1n) is 10.8. The Labute approximate surface area is 176 Å². The van der Waals surface area contributed by atoms with Crippen molar-refractivity contribution in [3.8, 4) is 6.07 Å². The zero-order valence-corrected chi connectivity index (χ0v) is 17.5. The maximum Gasteiger partial charge on any atom is 0.251 e. The van der Waals surface area contributed by atoms with Gasteiger partial charge in [-0.1, -0.05) is 0 Å². The van der Waals surface area contributed by atoms with Gasteiger partial charge in [0.2, 0.25) is 0 Å². The van der Waals surface area contributed by atoms with Gasteiger partial charge in [-0.3, -0.25) is 4.79 Å². The maximum absolute atomic E-state index is 13.1. The fourth-order valence-corrected chi connectivity index (χ4v) is 5.45. The Bertz CT molecular complexity index is 997. The summed E-state index contributed by atoms with van der Waals surface area (Å²) in [5.74, 6) is 0.524. The molecule has 4 aliphatic rings. The Kier molecular flexibility index (Phi) is 4.88. The first-order chi connectivity index (χ1) is 14.5. The maximum atomic E-state index is 13.1. The van der Waals surface area contributed by atoms with Crippen LogP contribution in [0.4, 0.5) is 5.69 Å². The quantitative estimate of drug-likeness (QED) is 0.826. The van der Waals surface area contributed by atoms with Crippen molar-refractivity contribution in [2.75, 3.05) is 31.6 Å². The Morgan fingerprint density at radius 2 is 2.13 bits per heavy atom. The van der Waals surface area contributed by atoms with E-state index in [1.165, 1.54) is 12.8 Å². The number of fused-ring (bicyclic) bond motifs is 4. The molecule has 0 radical (unpaired) electrons. The molecular weight excluding hydrogens is 380 g/mol. The average molecular weight is 409 g/mol. The van der Waals surface area contributed by atoms with E-state index in [0.29, 0.717) is 30.7 Å². The largest absolute Gasteiger partial charge is 0.364 e. The molecule has 2 aromatic heterocycles. The van der Waals surface area contributed by atoms with Crippen molar-refractivity contribution < 1.29 is 9.53 Å². The number of rotatable bonds is 3. The molecule has 30 heavy (non-hydrogen) atoms. The number of ether oxygens (including phenoxy) is 1. The van der Waals surface area contributed by atoms with Gasteiger partial charge in [0, 0.05) is 25.2 Å². The highest BCUT2D eigenvalue weighted by Crippen LogP contribution is 2.34. The molecule has 4 fully saturated rings. The van der Waals surface area contributed by atoms with Gasteiger partial charge in [-0.15, -0.1) is 0 Å². The Balaban J connectivity index is 1.33. The Hall–Kier alpha value is -2.63. The van der Waals surface area contributed by atoms with Crippen LogP contribution in [0.1, 0.15) is 31.9 Å².